The number of carbonyl (C=O) groups excluding carboxylic acids is 2. The van der Waals surface area contributed by atoms with E-state index in [0.717, 1.165) is 17.5 Å². The first kappa shape index (κ1) is 15.5. The standard InChI is InChI=1S/C16H22N2O3/c1-11-5-12(2)7-14(6-11)16(21)17-8-15(20)18-4-3-13(9-18)10-19/h5-7,13,19H,3-4,8-10H2,1-2H3,(H,17,21). The zero-order valence-electron chi connectivity index (χ0n) is 12.6. The molecule has 0 aliphatic carbocycles. The van der Waals surface area contributed by atoms with Gasteiger partial charge < -0.3 is 15.3 Å². The molecule has 2 amide bonds. The van der Waals surface area contributed by atoms with E-state index in [2.05, 4.69) is 5.32 Å². The Hall–Kier alpha value is -1.88. The van der Waals surface area contributed by atoms with Crippen molar-refractivity contribution in [2.24, 2.45) is 5.92 Å². The third-order valence-corrected chi connectivity index (χ3v) is 3.78. The quantitative estimate of drug-likeness (QED) is 0.864. The lowest BCUT2D eigenvalue weighted by atomic mass is 10.1. The minimum absolute atomic E-state index is 0.00394. The number of hydrogen-bond acceptors (Lipinski definition) is 3. The second-order valence-electron chi connectivity index (χ2n) is 5.74. The third kappa shape index (κ3) is 4.04. The summed E-state index contributed by atoms with van der Waals surface area (Å²) in [4.78, 5) is 25.8. The molecule has 1 fully saturated rings. The average Bonchev–Trinajstić information content (AvgIpc) is 2.92. The number of nitrogens with zero attached hydrogens (tertiary/aromatic N) is 1. The summed E-state index contributed by atoms with van der Waals surface area (Å²) < 4.78 is 0. The molecule has 0 aromatic heterocycles. The van der Waals surface area contributed by atoms with Gasteiger partial charge in [-0.25, -0.2) is 0 Å². The maximum Gasteiger partial charge on any atom is 0.251 e. The fourth-order valence-corrected chi connectivity index (χ4v) is 2.68. The molecular formula is C16H22N2O3. The number of benzene rings is 1. The summed E-state index contributed by atoms with van der Waals surface area (Å²) in [6.45, 7) is 5.23. The molecule has 0 spiro atoms. The van der Waals surface area contributed by atoms with Crippen LogP contribution in [0.5, 0.6) is 0 Å². The number of carbonyl (C=O) groups is 2. The minimum atomic E-state index is -0.229. The summed E-state index contributed by atoms with van der Waals surface area (Å²) in [5, 5.41) is 11.7. The number of aliphatic hydroxyl groups is 1. The van der Waals surface area contributed by atoms with E-state index < -0.39 is 0 Å². The molecule has 1 aliphatic rings. The van der Waals surface area contributed by atoms with Gasteiger partial charge in [-0.15, -0.1) is 0 Å². The molecule has 2 rings (SSSR count). The fourth-order valence-electron chi connectivity index (χ4n) is 2.68. The van der Waals surface area contributed by atoms with Crippen LogP contribution in [-0.4, -0.2) is 48.1 Å². The smallest absolute Gasteiger partial charge is 0.251 e. The lowest BCUT2D eigenvalue weighted by Gasteiger charge is -2.16. The number of rotatable bonds is 4. The molecule has 21 heavy (non-hydrogen) atoms. The maximum absolute atomic E-state index is 12.1. The molecule has 1 aromatic carbocycles. The van der Waals surface area contributed by atoms with E-state index >= 15 is 0 Å². The number of nitrogens with one attached hydrogen (secondary N) is 1. The van der Waals surface area contributed by atoms with E-state index in [1.807, 2.05) is 32.0 Å². The van der Waals surface area contributed by atoms with E-state index in [4.69, 9.17) is 5.11 Å². The highest BCUT2D eigenvalue weighted by Crippen LogP contribution is 2.15. The van der Waals surface area contributed by atoms with Crippen LogP contribution in [0.4, 0.5) is 0 Å². The molecule has 1 aromatic rings. The van der Waals surface area contributed by atoms with Gasteiger partial charge in [0.25, 0.3) is 5.91 Å². The van der Waals surface area contributed by atoms with Gasteiger partial charge in [0.05, 0.1) is 6.54 Å². The van der Waals surface area contributed by atoms with Crippen LogP contribution in [0.2, 0.25) is 0 Å². The van der Waals surface area contributed by atoms with Crippen molar-refractivity contribution in [2.75, 3.05) is 26.2 Å². The second-order valence-corrected chi connectivity index (χ2v) is 5.74. The van der Waals surface area contributed by atoms with Gasteiger partial charge in [0.1, 0.15) is 0 Å². The van der Waals surface area contributed by atoms with Gasteiger partial charge in [0.2, 0.25) is 5.91 Å². The summed E-state index contributed by atoms with van der Waals surface area (Å²) >= 11 is 0. The first-order valence-electron chi connectivity index (χ1n) is 7.24. The van der Waals surface area contributed by atoms with Crippen molar-refractivity contribution in [3.63, 3.8) is 0 Å². The number of aliphatic hydroxyl groups excluding tert-OH is 1. The van der Waals surface area contributed by atoms with Crippen LogP contribution in [-0.2, 0) is 4.79 Å². The summed E-state index contributed by atoms with van der Waals surface area (Å²) in [5.41, 5.74) is 2.63. The first-order valence-corrected chi connectivity index (χ1v) is 7.24. The molecule has 1 heterocycles. The third-order valence-electron chi connectivity index (χ3n) is 3.78. The SMILES string of the molecule is Cc1cc(C)cc(C(=O)NCC(=O)N2CCC(CO)C2)c1. The Balaban J connectivity index is 1.87. The monoisotopic (exact) mass is 290 g/mol. The van der Waals surface area contributed by atoms with Crippen LogP contribution >= 0.6 is 0 Å². The zero-order chi connectivity index (χ0) is 15.4. The van der Waals surface area contributed by atoms with E-state index in [-0.39, 0.29) is 30.9 Å². The lowest BCUT2D eigenvalue weighted by Crippen LogP contribution is -2.39. The molecular weight excluding hydrogens is 268 g/mol. The summed E-state index contributed by atoms with van der Waals surface area (Å²) in [6, 6.07) is 5.62. The minimum Gasteiger partial charge on any atom is -0.396 e. The van der Waals surface area contributed by atoms with Crippen LogP contribution in [0.25, 0.3) is 0 Å². The van der Waals surface area contributed by atoms with Crippen molar-refractivity contribution in [1.29, 1.82) is 0 Å². The van der Waals surface area contributed by atoms with Gasteiger partial charge in [0, 0.05) is 31.2 Å². The van der Waals surface area contributed by atoms with Crippen LogP contribution in [0.1, 0.15) is 27.9 Å². The Kier molecular flexibility index (Phi) is 4.96. The molecule has 114 valence electrons. The molecule has 5 heteroatoms. The van der Waals surface area contributed by atoms with Crippen LogP contribution < -0.4 is 5.32 Å². The molecule has 1 saturated heterocycles. The molecule has 2 N–H and O–H groups in total. The topological polar surface area (TPSA) is 69.6 Å². The summed E-state index contributed by atoms with van der Waals surface area (Å²) in [7, 11) is 0. The number of aryl methyl sites for hydroxylation is 2. The van der Waals surface area contributed by atoms with Crippen molar-refractivity contribution < 1.29 is 14.7 Å². The predicted octanol–water partition coefficient (Wildman–Crippen LogP) is 0.874. The molecule has 5 nitrogen and oxygen atoms in total. The van der Waals surface area contributed by atoms with Crippen molar-refractivity contribution in [3.8, 4) is 0 Å². The van der Waals surface area contributed by atoms with E-state index in [9.17, 15) is 9.59 Å². The van der Waals surface area contributed by atoms with Gasteiger partial charge in [0.15, 0.2) is 0 Å². The van der Waals surface area contributed by atoms with Gasteiger partial charge in [-0.2, -0.15) is 0 Å². The summed E-state index contributed by atoms with van der Waals surface area (Å²) in [6.07, 6.45) is 0.827. The van der Waals surface area contributed by atoms with E-state index in [0.29, 0.717) is 18.7 Å². The predicted molar refractivity (Wildman–Crippen MR) is 80.0 cm³/mol. The number of hydrogen-bond donors (Lipinski definition) is 2. The number of likely N-dealkylation sites (tertiary alicyclic amines) is 1. The lowest BCUT2D eigenvalue weighted by molar-refractivity contribution is -0.129. The Labute approximate surface area is 125 Å². The Morgan fingerprint density at radius 2 is 1.95 bits per heavy atom. The van der Waals surface area contributed by atoms with Crippen LogP contribution in [0.3, 0.4) is 0 Å². The van der Waals surface area contributed by atoms with Crippen molar-refractivity contribution in [2.45, 2.75) is 20.3 Å². The van der Waals surface area contributed by atoms with Crippen molar-refractivity contribution >= 4 is 11.8 Å². The Bertz CT molecular complexity index is 522. The van der Waals surface area contributed by atoms with Crippen molar-refractivity contribution in [3.05, 3.63) is 34.9 Å². The largest absolute Gasteiger partial charge is 0.396 e. The van der Waals surface area contributed by atoms with E-state index in [1.54, 1.807) is 4.90 Å². The first-order chi connectivity index (χ1) is 9.99. The van der Waals surface area contributed by atoms with Gasteiger partial charge in [-0.1, -0.05) is 17.2 Å². The van der Waals surface area contributed by atoms with Crippen LogP contribution in [0.15, 0.2) is 18.2 Å². The summed E-state index contributed by atoms with van der Waals surface area (Å²) in [5.74, 6) is -0.152. The highest BCUT2D eigenvalue weighted by molar-refractivity contribution is 5.96. The highest BCUT2D eigenvalue weighted by Gasteiger charge is 2.25. The maximum atomic E-state index is 12.1. The second kappa shape index (κ2) is 6.72. The molecule has 1 unspecified atom stereocenters. The molecule has 1 atom stereocenters. The normalized spacial score (nSPS) is 17.9. The molecule has 0 saturated carbocycles. The molecule has 0 bridgehead atoms. The molecule has 1 aliphatic heterocycles. The molecule has 0 radical (unpaired) electrons. The number of amides is 2. The average molecular weight is 290 g/mol. The van der Waals surface area contributed by atoms with Gasteiger partial charge in [-0.05, 0) is 32.4 Å². The Morgan fingerprint density at radius 1 is 1.29 bits per heavy atom. The van der Waals surface area contributed by atoms with Gasteiger partial charge in [-0.3, -0.25) is 9.59 Å². The fraction of sp³-hybridized carbons (Fsp3) is 0.500. The zero-order valence-corrected chi connectivity index (χ0v) is 12.6. The van der Waals surface area contributed by atoms with Gasteiger partial charge >= 0.3 is 0 Å². The van der Waals surface area contributed by atoms with Crippen LogP contribution in [0, 0.1) is 19.8 Å². The van der Waals surface area contributed by atoms with Crippen molar-refractivity contribution in [1.82, 2.24) is 10.2 Å². The van der Waals surface area contributed by atoms with E-state index in [1.165, 1.54) is 0 Å². The highest BCUT2D eigenvalue weighted by atomic mass is 16.3. The Morgan fingerprint density at radius 3 is 2.52 bits per heavy atom.